The summed E-state index contributed by atoms with van der Waals surface area (Å²) in [5, 5.41) is 11.6. The average molecular weight is 223 g/mol. The third-order valence-electron chi connectivity index (χ3n) is 2.13. The highest BCUT2D eigenvalue weighted by atomic mass is 35.5. The van der Waals surface area contributed by atoms with E-state index in [1.165, 1.54) is 0 Å². The summed E-state index contributed by atoms with van der Waals surface area (Å²) in [6, 6.07) is 7.58. The molecule has 0 bridgehead atoms. The molecule has 2 aromatic rings. The van der Waals surface area contributed by atoms with Gasteiger partial charge in [0.05, 0.1) is 18.4 Å². The van der Waals surface area contributed by atoms with Crippen LogP contribution in [-0.2, 0) is 13.6 Å². The molecule has 0 unspecified atom stereocenters. The van der Waals surface area contributed by atoms with Crippen molar-refractivity contribution in [3.05, 3.63) is 41.2 Å². The first-order valence-corrected chi connectivity index (χ1v) is 4.96. The summed E-state index contributed by atoms with van der Waals surface area (Å²) in [5.41, 5.74) is 2.06. The van der Waals surface area contributed by atoms with Crippen LogP contribution in [-0.4, -0.2) is 15.0 Å². The lowest BCUT2D eigenvalue weighted by atomic mass is 10.3. The molecule has 0 aliphatic carbocycles. The predicted molar refractivity (Wildman–Crippen MR) is 59.8 cm³/mol. The number of halogens is 1. The summed E-state index contributed by atoms with van der Waals surface area (Å²) in [6.45, 7) is 0.700. The Bertz CT molecular complexity index is 435. The number of aryl methyl sites for hydroxylation is 1. The summed E-state index contributed by atoms with van der Waals surface area (Å²) in [7, 11) is 1.87. The molecule has 1 N–H and O–H groups in total. The molecule has 1 aromatic carbocycles. The minimum absolute atomic E-state index is 0.700. The van der Waals surface area contributed by atoms with Crippen LogP contribution in [0.25, 0.3) is 0 Å². The van der Waals surface area contributed by atoms with Crippen LogP contribution in [0.15, 0.2) is 30.5 Å². The van der Waals surface area contributed by atoms with E-state index >= 15 is 0 Å². The number of hydrogen-bond acceptors (Lipinski definition) is 3. The topological polar surface area (TPSA) is 42.7 Å². The van der Waals surface area contributed by atoms with Crippen molar-refractivity contribution in [2.75, 3.05) is 5.32 Å². The van der Waals surface area contributed by atoms with Gasteiger partial charge in [-0.25, -0.2) is 0 Å². The van der Waals surface area contributed by atoms with Crippen LogP contribution in [0.5, 0.6) is 0 Å². The highest BCUT2D eigenvalue weighted by Crippen LogP contribution is 2.13. The van der Waals surface area contributed by atoms with E-state index in [9.17, 15) is 0 Å². The van der Waals surface area contributed by atoms with Crippen LogP contribution >= 0.6 is 11.6 Å². The fourth-order valence-corrected chi connectivity index (χ4v) is 1.36. The summed E-state index contributed by atoms with van der Waals surface area (Å²) in [4.78, 5) is 0. The molecule has 15 heavy (non-hydrogen) atoms. The zero-order chi connectivity index (χ0) is 10.7. The molecular formula is C10H11ClN4. The predicted octanol–water partition coefficient (Wildman–Crippen LogP) is 2.08. The Balaban J connectivity index is 1.99. The molecule has 4 nitrogen and oxygen atoms in total. The fourth-order valence-electron chi connectivity index (χ4n) is 1.23. The highest BCUT2D eigenvalue weighted by molar-refractivity contribution is 6.30. The number of benzene rings is 1. The number of nitrogens with zero attached hydrogens (tertiary/aromatic N) is 3. The van der Waals surface area contributed by atoms with Crippen LogP contribution in [0.4, 0.5) is 5.69 Å². The van der Waals surface area contributed by atoms with E-state index in [2.05, 4.69) is 15.6 Å². The Morgan fingerprint density at radius 2 is 2.07 bits per heavy atom. The van der Waals surface area contributed by atoms with E-state index in [1.807, 2.05) is 31.3 Å². The van der Waals surface area contributed by atoms with E-state index in [-0.39, 0.29) is 0 Å². The van der Waals surface area contributed by atoms with Gasteiger partial charge in [-0.05, 0) is 24.3 Å². The van der Waals surface area contributed by atoms with Gasteiger partial charge in [-0.3, -0.25) is 4.68 Å². The van der Waals surface area contributed by atoms with Crippen molar-refractivity contribution in [3.8, 4) is 0 Å². The van der Waals surface area contributed by atoms with Gasteiger partial charge in [-0.15, -0.1) is 5.10 Å². The van der Waals surface area contributed by atoms with Crippen LogP contribution < -0.4 is 5.32 Å². The van der Waals surface area contributed by atoms with Gasteiger partial charge in [-0.1, -0.05) is 16.8 Å². The van der Waals surface area contributed by atoms with Gasteiger partial charge in [0.15, 0.2) is 0 Å². The molecule has 0 amide bonds. The van der Waals surface area contributed by atoms with Crippen LogP contribution in [0.1, 0.15) is 5.69 Å². The lowest BCUT2D eigenvalue weighted by molar-refractivity contribution is 0.683. The van der Waals surface area contributed by atoms with E-state index in [0.29, 0.717) is 6.54 Å². The first-order chi connectivity index (χ1) is 7.25. The van der Waals surface area contributed by atoms with Crippen molar-refractivity contribution in [3.63, 3.8) is 0 Å². The van der Waals surface area contributed by atoms with Crippen LogP contribution in [0.3, 0.4) is 0 Å². The molecule has 0 fully saturated rings. The van der Waals surface area contributed by atoms with Crippen molar-refractivity contribution < 1.29 is 0 Å². The van der Waals surface area contributed by atoms with Gasteiger partial charge in [-0.2, -0.15) is 0 Å². The maximum Gasteiger partial charge on any atom is 0.0774 e. The van der Waals surface area contributed by atoms with Crippen molar-refractivity contribution in [1.82, 2.24) is 15.0 Å². The lowest BCUT2D eigenvalue weighted by Crippen LogP contribution is -2.05. The van der Waals surface area contributed by atoms with E-state index < -0.39 is 0 Å². The Hall–Kier alpha value is -1.55. The largest absolute Gasteiger partial charge is 0.379 e. The Morgan fingerprint density at radius 3 is 2.67 bits per heavy atom. The second-order valence-corrected chi connectivity index (χ2v) is 3.65. The minimum Gasteiger partial charge on any atom is -0.379 e. The summed E-state index contributed by atoms with van der Waals surface area (Å²) >= 11 is 5.78. The number of aromatic nitrogens is 3. The molecule has 0 radical (unpaired) electrons. The lowest BCUT2D eigenvalue weighted by Gasteiger charge is -2.05. The van der Waals surface area contributed by atoms with Gasteiger partial charge in [0.25, 0.3) is 0 Å². The van der Waals surface area contributed by atoms with E-state index in [0.717, 1.165) is 16.4 Å². The fraction of sp³-hybridized carbons (Fsp3) is 0.200. The number of rotatable bonds is 3. The smallest absolute Gasteiger partial charge is 0.0774 e. The first-order valence-electron chi connectivity index (χ1n) is 4.59. The van der Waals surface area contributed by atoms with E-state index in [4.69, 9.17) is 11.6 Å². The molecule has 78 valence electrons. The van der Waals surface area contributed by atoms with Gasteiger partial charge >= 0.3 is 0 Å². The third-order valence-corrected chi connectivity index (χ3v) is 2.38. The Labute approximate surface area is 92.9 Å². The summed E-state index contributed by atoms with van der Waals surface area (Å²) in [5.74, 6) is 0. The molecule has 0 aliphatic rings. The molecule has 0 atom stereocenters. The molecule has 0 spiro atoms. The normalized spacial score (nSPS) is 10.3. The van der Waals surface area contributed by atoms with Gasteiger partial charge in [0, 0.05) is 17.8 Å². The maximum absolute atomic E-state index is 5.78. The molecule has 5 heteroatoms. The number of hydrogen-bond donors (Lipinski definition) is 1. The number of nitrogens with one attached hydrogen (secondary N) is 1. The molecule has 0 saturated heterocycles. The second-order valence-electron chi connectivity index (χ2n) is 3.21. The first kappa shape index (κ1) is 9.98. The van der Waals surface area contributed by atoms with Crippen molar-refractivity contribution in [1.29, 1.82) is 0 Å². The molecular weight excluding hydrogens is 212 g/mol. The van der Waals surface area contributed by atoms with Gasteiger partial charge in [0.2, 0.25) is 0 Å². The van der Waals surface area contributed by atoms with Gasteiger partial charge in [0.1, 0.15) is 0 Å². The number of anilines is 1. The molecule has 1 heterocycles. The summed E-state index contributed by atoms with van der Waals surface area (Å²) < 4.78 is 1.74. The maximum atomic E-state index is 5.78. The Kier molecular flexibility index (Phi) is 2.87. The average Bonchev–Trinajstić information content (AvgIpc) is 2.63. The van der Waals surface area contributed by atoms with Crippen LogP contribution in [0.2, 0.25) is 5.02 Å². The standard InChI is InChI=1S/C10H11ClN4/c1-15-10(7-13-14-15)6-12-9-4-2-8(11)3-5-9/h2-5,7,12H,6H2,1H3. The Morgan fingerprint density at radius 1 is 1.33 bits per heavy atom. The summed E-state index contributed by atoms with van der Waals surface area (Å²) in [6.07, 6.45) is 1.74. The monoisotopic (exact) mass is 222 g/mol. The molecule has 1 aromatic heterocycles. The van der Waals surface area contributed by atoms with Crippen molar-refractivity contribution in [2.45, 2.75) is 6.54 Å². The molecule has 0 aliphatic heterocycles. The zero-order valence-electron chi connectivity index (χ0n) is 8.31. The van der Waals surface area contributed by atoms with E-state index in [1.54, 1.807) is 10.9 Å². The molecule has 0 saturated carbocycles. The second kappa shape index (κ2) is 4.31. The zero-order valence-corrected chi connectivity index (χ0v) is 9.07. The van der Waals surface area contributed by atoms with Crippen molar-refractivity contribution >= 4 is 17.3 Å². The SMILES string of the molecule is Cn1nncc1CNc1ccc(Cl)cc1. The highest BCUT2D eigenvalue weighted by Gasteiger charge is 1.99. The quantitative estimate of drug-likeness (QED) is 0.865. The third kappa shape index (κ3) is 2.47. The van der Waals surface area contributed by atoms with Crippen molar-refractivity contribution in [2.24, 2.45) is 7.05 Å². The molecule has 2 rings (SSSR count). The van der Waals surface area contributed by atoms with Gasteiger partial charge < -0.3 is 5.32 Å². The minimum atomic E-state index is 0.700. The van der Waals surface area contributed by atoms with Crippen LogP contribution in [0, 0.1) is 0 Å².